The Balaban J connectivity index is 1.71. The summed E-state index contributed by atoms with van der Waals surface area (Å²) in [6.45, 7) is 2.39. The Morgan fingerprint density at radius 2 is 2.38 bits per heavy atom. The molecule has 1 aliphatic carbocycles. The Hall–Kier alpha value is -2.21. The summed E-state index contributed by atoms with van der Waals surface area (Å²) >= 11 is 0. The van der Waals surface area contributed by atoms with Crippen molar-refractivity contribution in [3.8, 4) is 0 Å². The molecule has 0 bridgehead atoms. The van der Waals surface area contributed by atoms with Crippen LogP contribution in [0, 0.1) is 5.53 Å². The maximum absolute atomic E-state index is 7.05. The lowest BCUT2D eigenvalue weighted by Gasteiger charge is -2.04. The third-order valence-corrected chi connectivity index (χ3v) is 3.70. The van der Waals surface area contributed by atoms with E-state index in [2.05, 4.69) is 38.1 Å². The largest absolute Gasteiger partial charge is 0.384 e. The van der Waals surface area contributed by atoms with E-state index in [1.165, 1.54) is 18.4 Å². The zero-order chi connectivity index (χ0) is 14.8. The van der Waals surface area contributed by atoms with Gasteiger partial charge in [0, 0.05) is 24.6 Å². The summed E-state index contributed by atoms with van der Waals surface area (Å²) in [5.41, 5.74) is 16.6. The molecule has 6 heteroatoms. The molecule has 0 spiro atoms. The average molecular weight is 284 g/mol. The highest BCUT2D eigenvalue weighted by Gasteiger charge is 2.23. The van der Waals surface area contributed by atoms with E-state index in [1.807, 2.05) is 6.20 Å². The van der Waals surface area contributed by atoms with Crippen LogP contribution < -0.4 is 11.1 Å². The Morgan fingerprint density at radius 1 is 1.57 bits per heavy atom. The second-order valence-electron chi connectivity index (χ2n) is 5.58. The van der Waals surface area contributed by atoms with Crippen LogP contribution in [0.15, 0.2) is 41.5 Å². The first kappa shape index (κ1) is 13.8. The van der Waals surface area contributed by atoms with Crippen molar-refractivity contribution >= 4 is 5.65 Å². The summed E-state index contributed by atoms with van der Waals surface area (Å²) in [5, 5.41) is 6.51. The quantitative estimate of drug-likeness (QED) is 0.712. The molecular weight excluding hydrogens is 264 g/mol. The minimum atomic E-state index is -0.253. The molecule has 0 amide bonds. The molecule has 0 aromatic carbocycles. The zero-order valence-corrected chi connectivity index (χ0v) is 12.1. The van der Waals surface area contributed by atoms with E-state index >= 15 is 0 Å². The normalized spacial score (nSPS) is 17.0. The highest BCUT2D eigenvalue weighted by Crippen LogP contribution is 2.39. The van der Waals surface area contributed by atoms with Crippen molar-refractivity contribution < 1.29 is 0 Å². The molecule has 1 saturated carbocycles. The maximum Gasteiger partial charge on any atom is 0.137 e. The van der Waals surface area contributed by atoms with Crippen LogP contribution in [-0.4, -0.2) is 15.4 Å². The minimum absolute atomic E-state index is 0.253. The fraction of sp³-hybridized carbons (Fsp3) is 0.400. The molecule has 0 saturated heterocycles. The van der Waals surface area contributed by atoms with Crippen molar-refractivity contribution in [3.05, 3.63) is 47.7 Å². The smallest absolute Gasteiger partial charge is 0.137 e. The second kappa shape index (κ2) is 5.65. The molecule has 6 nitrogen and oxygen atoms in total. The van der Waals surface area contributed by atoms with Gasteiger partial charge in [0.25, 0.3) is 0 Å². The molecule has 1 unspecified atom stereocenters. The Kier molecular flexibility index (Phi) is 3.70. The molecule has 1 fully saturated rings. The van der Waals surface area contributed by atoms with Crippen molar-refractivity contribution in [3.63, 3.8) is 0 Å². The van der Waals surface area contributed by atoms with Crippen LogP contribution in [0.1, 0.15) is 36.9 Å². The van der Waals surface area contributed by atoms with Crippen molar-refractivity contribution in [1.29, 1.82) is 5.53 Å². The van der Waals surface area contributed by atoms with Crippen LogP contribution in [0.5, 0.6) is 0 Å². The van der Waals surface area contributed by atoms with E-state index < -0.39 is 0 Å². The molecule has 21 heavy (non-hydrogen) atoms. The van der Waals surface area contributed by atoms with Crippen molar-refractivity contribution in [1.82, 2.24) is 14.7 Å². The van der Waals surface area contributed by atoms with Gasteiger partial charge in [0.05, 0.1) is 17.9 Å². The number of hydrogen-bond acceptors (Lipinski definition) is 5. The van der Waals surface area contributed by atoms with Gasteiger partial charge in [-0.05, 0) is 37.3 Å². The first-order chi connectivity index (χ1) is 10.2. The number of nitrogens with one attached hydrogen (secondary N) is 2. The topological polar surface area (TPSA) is 91.6 Å². The lowest BCUT2D eigenvalue weighted by molar-refractivity contribution is 0.767. The summed E-state index contributed by atoms with van der Waals surface area (Å²) in [5.74, 6) is 0.744. The molecule has 2 aromatic rings. The van der Waals surface area contributed by atoms with Gasteiger partial charge < -0.3 is 15.5 Å². The molecular formula is C15H20N6. The Labute approximate surface area is 123 Å². The SMILES string of the molecule is CC(N)/C(=C/NCc1cn2cc(C3CC3)ccc2n1)N=N. The average Bonchev–Trinajstić information content (AvgIpc) is 3.23. The fourth-order valence-electron chi connectivity index (χ4n) is 2.33. The first-order valence-corrected chi connectivity index (χ1v) is 7.21. The van der Waals surface area contributed by atoms with E-state index in [-0.39, 0.29) is 6.04 Å². The summed E-state index contributed by atoms with van der Waals surface area (Å²) in [7, 11) is 0. The first-order valence-electron chi connectivity index (χ1n) is 7.21. The van der Waals surface area contributed by atoms with Gasteiger partial charge in [0.15, 0.2) is 0 Å². The van der Waals surface area contributed by atoms with E-state index in [0.29, 0.717) is 12.2 Å². The van der Waals surface area contributed by atoms with Gasteiger partial charge in [-0.2, -0.15) is 5.11 Å². The lowest BCUT2D eigenvalue weighted by Crippen LogP contribution is -2.19. The Morgan fingerprint density at radius 3 is 3.05 bits per heavy atom. The van der Waals surface area contributed by atoms with Crippen molar-refractivity contribution in [2.24, 2.45) is 10.8 Å². The number of hydrogen-bond donors (Lipinski definition) is 3. The minimum Gasteiger partial charge on any atom is -0.384 e. The predicted molar refractivity (Wildman–Crippen MR) is 80.9 cm³/mol. The van der Waals surface area contributed by atoms with E-state index in [9.17, 15) is 0 Å². The van der Waals surface area contributed by atoms with Gasteiger partial charge in [-0.1, -0.05) is 6.07 Å². The van der Waals surface area contributed by atoms with E-state index in [1.54, 1.807) is 13.1 Å². The number of rotatable bonds is 6. The summed E-state index contributed by atoms with van der Waals surface area (Å²) < 4.78 is 2.08. The molecule has 2 aromatic heterocycles. The number of aromatic nitrogens is 2. The van der Waals surface area contributed by atoms with E-state index in [0.717, 1.165) is 17.3 Å². The number of imidazole rings is 1. The summed E-state index contributed by atoms with van der Waals surface area (Å²) in [6, 6.07) is 3.99. The molecule has 3 rings (SSSR count). The van der Waals surface area contributed by atoms with Crippen LogP contribution in [0.3, 0.4) is 0 Å². The van der Waals surface area contributed by atoms with Crippen LogP contribution in [0.2, 0.25) is 0 Å². The molecule has 2 heterocycles. The predicted octanol–water partition coefficient (Wildman–Crippen LogP) is 2.52. The van der Waals surface area contributed by atoms with Gasteiger partial charge in [-0.25, -0.2) is 10.5 Å². The Bertz CT molecular complexity index is 681. The van der Waals surface area contributed by atoms with E-state index in [4.69, 9.17) is 11.3 Å². The third-order valence-electron chi connectivity index (χ3n) is 3.70. The van der Waals surface area contributed by atoms with Gasteiger partial charge in [-0.3, -0.25) is 0 Å². The van der Waals surface area contributed by atoms with Crippen LogP contribution in [0.4, 0.5) is 0 Å². The van der Waals surface area contributed by atoms with Crippen molar-refractivity contribution in [2.45, 2.75) is 38.3 Å². The fourth-order valence-corrected chi connectivity index (χ4v) is 2.33. The van der Waals surface area contributed by atoms with Gasteiger partial charge in [-0.15, -0.1) is 0 Å². The molecule has 0 aliphatic heterocycles. The zero-order valence-electron chi connectivity index (χ0n) is 12.1. The van der Waals surface area contributed by atoms with Crippen LogP contribution >= 0.6 is 0 Å². The molecule has 0 radical (unpaired) electrons. The summed E-state index contributed by atoms with van der Waals surface area (Å²) in [6.07, 6.45) is 8.49. The second-order valence-corrected chi connectivity index (χ2v) is 5.58. The van der Waals surface area contributed by atoms with Crippen LogP contribution in [-0.2, 0) is 6.54 Å². The number of pyridine rings is 1. The maximum atomic E-state index is 7.05. The summed E-state index contributed by atoms with van der Waals surface area (Å²) in [4.78, 5) is 4.56. The highest BCUT2D eigenvalue weighted by atomic mass is 15.0. The van der Waals surface area contributed by atoms with Gasteiger partial charge in [0.1, 0.15) is 5.65 Å². The lowest BCUT2D eigenvalue weighted by atomic mass is 10.2. The standard InChI is InChI=1S/C15H20N6/c1-10(16)14(20-17)7-18-6-13-9-21-8-12(11-2-3-11)4-5-15(21)19-13/h4-5,7-11,17-18H,2-3,6,16H2,1H3/b14-7-,20-17?. The van der Waals surface area contributed by atoms with Crippen LogP contribution in [0.25, 0.3) is 5.65 Å². The van der Waals surface area contributed by atoms with Gasteiger partial charge >= 0.3 is 0 Å². The molecule has 1 aliphatic rings. The number of nitrogens with zero attached hydrogens (tertiary/aromatic N) is 3. The monoisotopic (exact) mass is 284 g/mol. The number of nitrogens with two attached hydrogens (primary N) is 1. The number of fused-ring (bicyclic) bond motifs is 1. The molecule has 4 N–H and O–H groups in total. The third kappa shape index (κ3) is 3.11. The van der Waals surface area contributed by atoms with Gasteiger partial charge in [0.2, 0.25) is 0 Å². The molecule has 1 atom stereocenters. The molecule has 110 valence electrons. The van der Waals surface area contributed by atoms with Crippen molar-refractivity contribution in [2.75, 3.05) is 0 Å². The highest BCUT2D eigenvalue weighted by molar-refractivity contribution is 5.42.